The van der Waals surface area contributed by atoms with Crippen LogP contribution < -0.4 is 5.32 Å². The topological polar surface area (TPSA) is 66.4 Å². The minimum Gasteiger partial charge on any atom is -0.481 e. The minimum absolute atomic E-state index is 0.0183. The molecule has 5 heteroatoms. The third-order valence-corrected chi connectivity index (χ3v) is 5.02. The number of carbonyl (C=O) groups is 2. The van der Waals surface area contributed by atoms with Gasteiger partial charge in [0.05, 0.1) is 0 Å². The Balaban J connectivity index is 2.25. The maximum Gasteiger partial charge on any atom is 0.303 e. The molecule has 18 heavy (non-hydrogen) atoms. The molecule has 0 aromatic heterocycles. The molecule has 0 atom stereocenters. The molecule has 1 aliphatic carbocycles. The lowest BCUT2D eigenvalue weighted by Gasteiger charge is -2.35. The minimum atomic E-state index is -0.837. The lowest BCUT2D eigenvalue weighted by molar-refractivity contribution is -0.137. The molecule has 1 amide bonds. The number of hydrogen-bond acceptors (Lipinski definition) is 3. The van der Waals surface area contributed by atoms with Gasteiger partial charge in [0.25, 0.3) is 0 Å². The molecule has 1 rings (SSSR count). The lowest BCUT2D eigenvalue weighted by atomic mass is 9.88. The fourth-order valence-electron chi connectivity index (χ4n) is 2.40. The summed E-state index contributed by atoms with van der Waals surface area (Å²) in [6, 6.07) is 0. The first-order chi connectivity index (χ1) is 8.58. The van der Waals surface area contributed by atoms with E-state index in [-0.39, 0.29) is 17.1 Å². The average Bonchev–Trinajstić information content (AvgIpc) is 2.37. The summed E-state index contributed by atoms with van der Waals surface area (Å²) >= 11 is 1.86. The highest BCUT2D eigenvalue weighted by molar-refractivity contribution is 8.00. The van der Waals surface area contributed by atoms with Crippen molar-refractivity contribution in [3.63, 3.8) is 0 Å². The third-order valence-electron chi connectivity index (χ3n) is 3.60. The fourth-order valence-corrected chi connectivity index (χ4v) is 3.31. The van der Waals surface area contributed by atoms with Crippen molar-refractivity contribution in [2.45, 2.75) is 56.1 Å². The number of carboxylic acid groups (broad SMARTS) is 1. The SMILES string of the molecule is CSC1(CNC(=O)CCCC(=O)O)CCCCC1. The number of hydrogen-bond donors (Lipinski definition) is 2. The zero-order chi connectivity index (χ0) is 13.4. The van der Waals surface area contributed by atoms with Crippen LogP contribution in [0.3, 0.4) is 0 Å². The van der Waals surface area contributed by atoms with Crippen molar-refractivity contribution in [2.75, 3.05) is 12.8 Å². The predicted molar refractivity (Wildman–Crippen MR) is 73.8 cm³/mol. The van der Waals surface area contributed by atoms with E-state index in [1.807, 2.05) is 11.8 Å². The number of rotatable bonds is 7. The Hall–Kier alpha value is -0.710. The molecular formula is C13H23NO3S. The molecule has 0 spiro atoms. The number of amides is 1. The van der Waals surface area contributed by atoms with Gasteiger partial charge in [-0.3, -0.25) is 9.59 Å². The molecule has 0 aromatic rings. The van der Waals surface area contributed by atoms with Crippen LogP contribution in [0.15, 0.2) is 0 Å². The summed E-state index contributed by atoms with van der Waals surface area (Å²) < 4.78 is 0.209. The first-order valence-corrected chi connectivity index (χ1v) is 7.84. The maximum absolute atomic E-state index is 11.6. The van der Waals surface area contributed by atoms with E-state index in [1.54, 1.807) is 0 Å². The average molecular weight is 273 g/mol. The highest BCUT2D eigenvalue weighted by Gasteiger charge is 2.31. The van der Waals surface area contributed by atoms with Gasteiger partial charge in [0.2, 0.25) is 5.91 Å². The molecule has 1 fully saturated rings. The molecule has 0 saturated heterocycles. The van der Waals surface area contributed by atoms with Gasteiger partial charge < -0.3 is 10.4 Å². The van der Waals surface area contributed by atoms with E-state index >= 15 is 0 Å². The number of carboxylic acids is 1. The lowest BCUT2D eigenvalue weighted by Crippen LogP contribution is -2.41. The van der Waals surface area contributed by atoms with Crippen molar-refractivity contribution < 1.29 is 14.7 Å². The van der Waals surface area contributed by atoms with Crippen LogP contribution >= 0.6 is 11.8 Å². The molecular weight excluding hydrogens is 250 g/mol. The Morgan fingerprint density at radius 1 is 1.22 bits per heavy atom. The van der Waals surface area contributed by atoms with Crippen molar-refractivity contribution in [2.24, 2.45) is 0 Å². The largest absolute Gasteiger partial charge is 0.481 e. The van der Waals surface area contributed by atoms with Gasteiger partial charge in [-0.05, 0) is 25.5 Å². The quantitative estimate of drug-likeness (QED) is 0.747. The third kappa shape index (κ3) is 5.29. The van der Waals surface area contributed by atoms with Crippen molar-refractivity contribution in [3.05, 3.63) is 0 Å². The van der Waals surface area contributed by atoms with Crippen LogP contribution in [-0.2, 0) is 9.59 Å². The summed E-state index contributed by atoms with van der Waals surface area (Å²) in [6.07, 6.45) is 9.06. The Morgan fingerprint density at radius 3 is 2.44 bits per heavy atom. The summed E-state index contributed by atoms with van der Waals surface area (Å²) in [5, 5.41) is 11.5. The van der Waals surface area contributed by atoms with Crippen LogP contribution in [0.1, 0.15) is 51.4 Å². The molecule has 0 bridgehead atoms. The second-order valence-corrected chi connectivity index (χ2v) is 6.25. The summed E-state index contributed by atoms with van der Waals surface area (Å²) in [6.45, 7) is 0.722. The second kappa shape index (κ2) is 7.67. The van der Waals surface area contributed by atoms with E-state index in [9.17, 15) is 9.59 Å². The van der Waals surface area contributed by atoms with Gasteiger partial charge in [-0.15, -0.1) is 0 Å². The number of nitrogens with one attached hydrogen (secondary N) is 1. The first kappa shape index (κ1) is 15.3. The van der Waals surface area contributed by atoms with E-state index in [0.29, 0.717) is 12.8 Å². The Morgan fingerprint density at radius 2 is 1.89 bits per heavy atom. The van der Waals surface area contributed by atoms with Gasteiger partial charge in [0.1, 0.15) is 0 Å². The molecule has 104 valence electrons. The van der Waals surface area contributed by atoms with Gasteiger partial charge in [0.15, 0.2) is 0 Å². The number of thioether (sulfide) groups is 1. The van der Waals surface area contributed by atoms with Crippen molar-refractivity contribution in [1.29, 1.82) is 0 Å². The second-order valence-electron chi connectivity index (χ2n) is 4.97. The van der Waals surface area contributed by atoms with Crippen LogP contribution in [0.4, 0.5) is 0 Å². The van der Waals surface area contributed by atoms with Crippen LogP contribution in [0.5, 0.6) is 0 Å². The van der Waals surface area contributed by atoms with Crippen LogP contribution in [-0.4, -0.2) is 34.5 Å². The highest BCUT2D eigenvalue weighted by Crippen LogP contribution is 2.37. The molecule has 1 saturated carbocycles. The Bertz CT molecular complexity index is 288. The van der Waals surface area contributed by atoms with Crippen molar-refractivity contribution >= 4 is 23.6 Å². The molecule has 1 aliphatic rings. The summed E-state index contributed by atoms with van der Waals surface area (Å²) in [4.78, 5) is 22.0. The molecule has 0 aromatic carbocycles. The van der Waals surface area contributed by atoms with Crippen LogP contribution in [0.25, 0.3) is 0 Å². The van der Waals surface area contributed by atoms with Gasteiger partial charge in [-0.25, -0.2) is 0 Å². The standard InChI is InChI=1S/C13H23NO3S/c1-18-13(8-3-2-4-9-13)10-14-11(15)6-5-7-12(16)17/h2-10H2,1H3,(H,14,15)(H,16,17). The van der Waals surface area contributed by atoms with E-state index in [1.165, 1.54) is 32.1 Å². The van der Waals surface area contributed by atoms with E-state index in [2.05, 4.69) is 11.6 Å². The van der Waals surface area contributed by atoms with Crippen molar-refractivity contribution in [1.82, 2.24) is 5.32 Å². The molecule has 2 N–H and O–H groups in total. The summed E-state index contributed by atoms with van der Waals surface area (Å²) in [5.41, 5.74) is 0. The van der Waals surface area contributed by atoms with E-state index in [0.717, 1.165) is 6.54 Å². The van der Waals surface area contributed by atoms with Gasteiger partial charge >= 0.3 is 5.97 Å². The zero-order valence-electron chi connectivity index (χ0n) is 11.0. The summed E-state index contributed by atoms with van der Waals surface area (Å²) in [5.74, 6) is -0.856. The number of aliphatic carboxylic acids is 1. The molecule has 0 aliphatic heterocycles. The van der Waals surface area contributed by atoms with Crippen molar-refractivity contribution in [3.8, 4) is 0 Å². The van der Waals surface area contributed by atoms with Gasteiger partial charge in [-0.2, -0.15) is 11.8 Å². The van der Waals surface area contributed by atoms with E-state index in [4.69, 9.17) is 5.11 Å². The fraction of sp³-hybridized carbons (Fsp3) is 0.846. The zero-order valence-corrected chi connectivity index (χ0v) is 11.9. The maximum atomic E-state index is 11.6. The van der Waals surface area contributed by atoms with Gasteiger partial charge in [0, 0.05) is 24.1 Å². The molecule has 0 unspecified atom stereocenters. The van der Waals surface area contributed by atoms with Crippen LogP contribution in [0, 0.1) is 0 Å². The molecule has 4 nitrogen and oxygen atoms in total. The van der Waals surface area contributed by atoms with Crippen LogP contribution in [0.2, 0.25) is 0 Å². The molecule has 0 heterocycles. The summed E-state index contributed by atoms with van der Waals surface area (Å²) in [7, 11) is 0. The monoisotopic (exact) mass is 273 g/mol. The smallest absolute Gasteiger partial charge is 0.303 e. The first-order valence-electron chi connectivity index (χ1n) is 6.62. The Kier molecular flexibility index (Phi) is 6.54. The normalized spacial score (nSPS) is 18.3. The van der Waals surface area contributed by atoms with Gasteiger partial charge in [-0.1, -0.05) is 19.3 Å². The predicted octanol–water partition coefficient (Wildman–Crippen LogP) is 2.42. The van der Waals surface area contributed by atoms with E-state index < -0.39 is 5.97 Å². The number of carbonyl (C=O) groups excluding carboxylic acids is 1. The molecule has 0 radical (unpaired) electrons. The Labute approximate surface area is 113 Å². The highest BCUT2D eigenvalue weighted by atomic mass is 32.2.